The van der Waals surface area contributed by atoms with Crippen LogP contribution in [0.4, 0.5) is 0 Å². The highest BCUT2D eigenvalue weighted by Gasteiger charge is 2.24. The lowest BCUT2D eigenvalue weighted by molar-refractivity contribution is 0.0684. The molecule has 0 fully saturated rings. The minimum atomic E-state index is -1.16. The normalized spacial score (nSPS) is 12.7. The second-order valence-electron chi connectivity index (χ2n) is 5.88. The summed E-state index contributed by atoms with van der Waals surface area (Å²) >= 11 is 0. The number of carbonyl (C=O) groups is 2. The first-order chi connectivity index (χ1) is 11.5. The Balaban J connectivity index is 1.95. The number of H-pyrrole nitrogens is 1. The molecule has 0 radical (unpaired) electrons. The Labute approximate surface area is 136 Å². The van der Waals surface area contributed by atoms with E-state index in [-0.39, 0.29) is 16.9 Å². The van der Waals surface area contributed by atoms with Crippen LogP contribution in [0.2, 0.25) is 0 Å². The van der Waals surface area contributed by atoms with Gasteiger partial charge in [0, 0.05) is 16.5 Å². The summed E-state index contributed by atoms with van der Waals surface area (Å²) in [7, 11) is 0. The molecular formula is C18H13NO5. The van der Waals surface area contributed by atoms with E-state index in [1.807, 2.05) is 0 Å². The van der Waals surface area contributed by atoms with Gasteiger partial charge >= 0.3 is 11.9 Å². The van der Waals surface area contributed by atoms with Crippen LogP contribution in [0.25, 0.3) is 22.2 Å². The zero-order valence-electron chi connectivity index (χ0n) is 12.5. The highest BCUT2D eigenvalue weighted by molar-refractivity contribution is 5.99. The molecule has 4 N–H and O–H groups in total. The van der Waals surface area contributed by atoms with Crippen LogP contribution in [-0.2, 0) is 12.8 Å². The van der Waals surface area contributed by atoms with Crippen molar-refractivity contribution in [2.24, 2.45) is 0 Å². The number of nitrogens with one attached hydrogen (secondary N) is 1. The van der Waals surface area contributed by atoms with Crippen LogP contribution < -0.4 is 0 Å². The average Bonchev–Trinajstić information content (AvgIpc) is 2.92. The molecule has 0 saturated carbocycles. The Morgan fingerprint density at radius 3 is 2.50 bits per heavy atom. The van der Waals surface area contributed by atoms with Gasteiger partial charge in [0.2, 0.25) is 0 Å². The van der Waals surface area contributed by atoms with Crippen molar-refractivity contribution in [1.82, 2.24) is 4.98 Å². The van der Waals surface area contributed by atoms with Crippen LogP contribution in [0.3, 0.4) is 0 Å². The van der Waals surface area contributed by atoms with Gasteiger partial charge in [-0.1, -0.05) is 6.07 Å². The number of carboxylic acid groups (broad SMARTS) is 2. The Morgan fingerprint density at radius 1 is 1.00 bits per heavy atom. The van der Waals surface area contributed by atoms with E-state index in [9.17, 15) is 14.7 Å². The molecule has 1 aliphatic carbocycles. The summed E-state index contributed by atoms with van der Waals surface area (Å²) in [6.45, 7) is 0. The predicted octanol–water partition coefficient (Wildman–Crippen LogP) is 3.04. The van der Waals surface area contributed by atoms with Crippen molar-refractivity contribution in [2.75, 3.05) is 0 Å². The van der Waals surface area contributed by atoms with Crippen LogP contribution in [0.1, 0.15) is 31.8 Å². The first kappa shape index (κ1) is 14.3. The molecule has 120 valence electrons. The lowest BCUT2D eigenvalue weighted by atomic mass is 9.87. The average molecular weight is 323 g/mol. The zero-order valence-corrected chi connectivity index (χ0v) is 12.5. The van der Waals surface area contributed by atoms with E-state index in [0.29, 0.717) is 6.42 Å². The van der Waals surface area contributed by atoms with Crippen molar-refractivity contribution >= 4 is 22.8 Å². The van der Waals surface area contributed by atoms with Crippen molar-refractivity contribution in [3.8, 4) is 17.0 Å². The summed E-state index contributed by atoms with van der Waals surface area (Å²) in [6, 6.07) is 7.90. The van der Waals surface area contributed by atoms with Crippen molar-refractivity contribution in [3.05, 3.63) is 52.6 Å². The van der Waals surface area contributed by atoms with E-state index in [2.05, 4.69) is 4.98 Å². The maximum atomic E-state index is 11.2. The molecule has 6 nitrogen and oxygen atoms in total. The first-order valence-electron chi connectivity index (χ1n) is 7.43. The highest BCUT2D eigenvalue weighted by atomic mass is 16.4. The fraction of sp³-hybridized carbons (Fsp3) is 0.111. The number of aryl methyl sites for hydroxylation is 2. The molecular weight excluding hydrogens is 310 g/mol. The molecule has 0 bridgehead atoms. The number of hydrogen-bond acceptors (Lipinski definition) is 3. The second kappa shape index (κ2) is 4.86. The molecule has 0 spiro atoms. The molecule has 0 atom stereocenters. The Bertz CT molecular complexity index is 1030. The maximum absolute atomic E-state index is 11.2. The molecule has 2 aromatic carbocycles. The molecule has 24 heavy (non-hydrogen) atoms. The summed E-state index contributed by atoms with van der Waals surface area (Å²) in [5.74, 6) is -2.43. The lowest BCUT2D eigenvalue weighted by Gasteiger charge is -2.18. The Morgan fingerprint density at radius 2 is 1.79 bits per heavy atom. The Kier molecular flexibility index (Phi) is 2.90. The third-order valence-electron chi connectivity index (χ3n) is 4.52. The van der Waals surface area contributed by atoms with Gasteiger partial charge in [-0.3, -0.25) is 0 Å². The third-order valence-corrected chi connectivity index (χ3v) is 4.52. The second-order valence-corrected chi connectivity index (χ2v) is 5.88. The number of carboxylic acids is 2. The number of aromatic nitrogens is 1. The number of aromatic hydroxyl groups is 1. The van der Waals surface area contributed by atoms with Crippen LogP contribution in [-0.4, -0.2) is 32.2 Å². The van der Waals surface area contributed by atoms with E-state index >= 15 is 0 Å². The minimum absolute atomic E-state index is 0.110. The van der Waals surface area contributed by atoms with Crippen LogP contribution in [0.15, 0.2) is 30.3 Å². The number of aromatic carboxylic acids is 2. The molecule has 4 rings (SSSR count). The van der Waals surface area contributed by atoms with Gasteiger partial charge in [0.1, 0.15) is 11.3 Å². The number of hydrogen-bond donors (Lipinski definition) is 4. The van der Waals surface area contributed by atoms with E-state index < -0.39 is 11.9 Å². The smallest absolute Gasteiger partial charge is 0.339 e. The van der Waals surface area contributed by atoms with Gasteiger partial charge in [0.15, 0.2) is 0 Å². The summed E-state index contributed by atoms with van der Waals surface area (Å²) in [4.78, 5) is 25.5. The van der Waals surface area contributed by atoms with Crippen molar-refractivity contribution in [1.29, 1.82) is 0 Å². The first-order valence-corrected chi connectivity index (χ1v) is 7.43. The third kappa shape index (κ3) is 1.96. The van der Waals surface area contributed by atoms with Gasteiger partial charge in [-0.2, -0.15) is 0 Å². The molecule has 1 aromatic heterocycles. The molecule has 0 unspecified atom stereocenters. The van der Waals surface area contributed by atoms with Crippen molar-refractivity contribution < 1.29 is 24.9 Å². The topological polar surface area (TPSA) is 111 Å². The summed E-state index contributed by atoms with van der Waals surface area (Å²) in [5.41, 5.74) is 4.27. The monoisotopic (exact) mass is 323 g/mol. The quantitative estimate of drug-likeness (QED) is 0.579. The van der Waals surface area contributed by atoms with E-state index in [4.69, 9.17) is 10.2 Å². The summed E-state index contributed by atoms with van der Waals surface area (Å²) in [5, 5.41) is 29.2. The van der Waals surface area contributed by atoms with Gasteiger partial charge < -0.3 is 20.3 Å². The van der Waals surface area contributed by atoms with Crippen LogP contribution in [0.5, 0.6) is 5.75 Å². The molecule has 6 heteroatoms. The molecule has 1 aliphatic rings. The molecule has 1 heterocycles. The summed E-state index contributed by atoms with van der Waals surface area (Å²) in [6.07, 6.45) is 1.38. The molecule has 0 aliphatic heterocycles. The minimum Gasteiger partial charge on any atom is -0.507 e. The van der Waals surface area contributed by atoms with E-state index in [1.165, 1.54) is 12.1 Å². The fourth-order valence-electron chi connectivity index (χ4n) is 3.38. The van der Waals surface area contributed by atoms with E-state index in [0.717, 1.165) is 39.7 Å². The van der Waals surface area contributed by atoms with Gasteiger partial charge in [0.25, 0.3) is 0 Å². The predicted molar refractivity (Wildman–Crippen MR) is 86.7 cm³/mol. The largest absolute Gasteiger partial charge is 0.507 e. The maximum Gasteiger partial charge on any atom is 0.339 e. The van der Waals surface area contributed by atoms with Gasteiger partial charge in [-0.25, -0.2) is 9.59 Å². The number of fused-ring (bicyclic) bond motifs is 5. The Hall–Kier alpha value is -3.28. The molecule has 0 saturated heterocycles. The number of aromatic amines is 1. The van der Waals surface area contributed by atoms with Crippen LogP contribution in [0, 0.1) is 0 Å². The SMILES string of the molecule is O=C(O)c1ccc2c3c([nH]c2c1)-c1cc(O)c(C(=O)O)cc1CC3. The summed E-state index contributed by atoms with van der Waals surface area (Å²) < 4.78 is 0. The molecule has 3 aromatic rings. The zero-order chi connectivity index (χ0) is 17.0. The standard InChI is InChI=1S/C18H13NO5/c20-15-7-12-8(5-13(15)18(23)24)1-4-11-10-3-2-9(17(21)22)6-14(10)19-16(11)12/h2-3,5-7,19-20H,1,4H2,(H,21,22)(H,23,24). The van der Waals surface area contributed by atoms with Gasteiger partial charge in [-0.15, -0.1) is 0 Å². The van der Waals surface area contributed by atoms with Crippen molar-refractivity contribution in [2.45, 2.75) is 12.8 Å². The lowest BCUT2D eigenvalue weighted by Crippen LogP contribution is -2.06. The van der Waals surface area contributed by atoms with Gasteiger partial charge in [0.05, 0.1) is 11.3 Å². The van der Waals surface area contributed by atoms with E-state index in [1.54, 1.807) is 18.2 Å². The van der Waals surface area contributed by atoms with Crippen molar-refractivity contribution in [3.63, 3.8) is 0 Å². The number of rotatable bonds is 2. The van der Waals surface area contributed by atoms with Crippen LogP contribution >= 0.6 is 0 Å². The van der Waals surface area contributed by atoms with Gasteiger partial charge in [-0.05, 0) is 48.2 Å². The highest BCUT2D eigenvalue weighted by Crippen LogP contribution is 2.40. The molecule has 0 amide bonds. The fourth-order valence-corrected chi connectivity index (χ4v) is 3.38. The number of benzene rings is 2. The number of phenols is 1.